The van der Waals surface area contributed by atoms with Gasteiger partial charge in [0.15, 0.2) is 17.3 Å². The monoisotopic (exact) mass is 380 g/mol. The molecule has 1 aliphatic rings. The van der Waals surface area contributed by atoms with Gasteiger partial charge in [-0.25, -0.2) is 0 Å². The van der Waals surface area contributed by atoms with Crippen LogP contribution in [0.1, 0.15) is 23.2 Å². The molecule has 9 heteroatoms. The van der Waals surface area contributed by atoms with E-state index in [2.05, 4.69) is 15.0 Å². The highest BCUT2D eigenvalue weighted by atomic mass is 35.5. The van der Waals surface area contributed by atoms with Gasteiger partial charge in [0.2, 0.25) is 11.8 Å². The Morgan fingerprint density at radius 1 is 1.38 bits per heavy atom. The number of amides is 1. The van der Waals surface area contributed by atoms with Crippen LogP contribution in [0.3, 0.4) is 0 Å². The van der Waals surface area contributed by atoms with Crippen molar-refractivity contribution >= 4 is 17.5 Å². The first-order valence-electron chi connectivity index (χ1n) is 8.15. The average molecular weight is 381 g/mol. The van der Waals surface area contributed by atoms with E-state index in [9.17, 15) is 4.79 Å². The summed E-state index contributed by atoms with van der Waals surface area (Å²) in [6.45, 7) is 3.33. The van der Waals surface area contributed by atoms with Gasteiger partial charge in [-0.2, -0.15) is 4.98 Å². The number of hydrogen-bond donors (Lipinski definition) is 1. The summed E-state index contributed by atoms with van der Waals surface area (Å²) in [6, 6.07) is 3.69. The number of carbonyl (C=O) groups is 1. The SMILES string of the molecule is COc1ccc(CN2CC(C(N)=O)C(c3nc(C)no3)C2)c(Cl)c1OC. The first kappa shape index (κ1) is 18.5. The maximum absolute atomic E-state index is 11.9. The Labute approximate surface area is 156 Å². The summed E-state index contributed by atoms with van der Waals surface area (Å²) in [7, 11) is 3.10. The average Bonchev–Trinajstić information content (AvgIpc) is 3.22. The Hall–Kier alpha value is -2.32. The summed E-state index contributed by atoms with van der Waals surface area (Å²) in [5.74, 6) is 1.02. The number of likely N-dealkylation sites (tertiary alicyclic amines) is 1. The zero-order valence-electron chi connectivity index (χ0n) is 14.9. The van der Waals surface area contributed by atoms with Crippen LogP contribution in [-0.4, -0.2) is 48.3 Å². The fourth-order valence-electron chi connectivity index (χ4n) is 3.31. The second-order valence-corrected chi connectivity index (χ2v) is 6.64. The highest BCUT2D eigenvalue weighted by Crippen LogP contribution is 2.39. The molecule has 2 aromatic rings. The number of carbonyl (C=O) groups excluding carboxylic acids is 1. The van der Waals surface area contributed by atoms with Crippen molar-refractivity contribution in [2.24, 2.45) is 11.7 Å². The molecule has 3 rings (SSSR count). The molecule has 2 N–H and O–H groups in total. The van der Waals surface area contributed by atoms with Crippen molar-refractivity contribution in [1.82, 2.24) is 15.0 Å². The van der Waals surface area contributed by atoms with Crippen molar-refractivity contribution in [3.63, 3.8) is 0 Å². The van der Waals surface area contributed by atoms with Crippen molar-refractivity contribution in [2.45, 2.75) is 19.4 Å². The number of primary amides is 1. The molecular weight excluding hydrogens is 360 g/mol. The summed E-state index contributed by atoms with van der Waals surface area (Å²) in [5.41, 5.74) is 6.45. The van der Waals surface area contributed by atoms with Gasteiger partial charge in [-0.1, -0.05) is 22.8 Å². The van der Waals surface area contributed by atoms with E-state index >= 15 is 0 Å². The number of ether oxygens (including phenoxy) is 2. The number of rotatable bonds is 6. The van der Waals surface area contributed by atoms with Gasteiger partial charge in [0.05, 0.1) is 31.1 Å². The van der Waals surface area contributed by atoms with Crippen molar-refractivity contribution in [3.8, 4) is 11.5 Å². The molecule has 1 saturated heterocycles. The third kappa shape index (κ3) is 3.47. The molecule has 0 spiro atoms. The number of halogens is 1. The van der Waals surface area contributed by atoms with Crippen molar-refractivity contribution in [2.75, 3.05) is 27.3 Å². The molecule has 1 aromatic heterocycles. The number of aryl methyl sites for hydroxylation is 1. The predicted octanol–water partition coefficient (Wildman–Crippen LogP) is 1.75. The summed E-state index contributed by atoms with van der Waals surface area (Å²) in [6.07, 6.45) is 0. The second kappa shape index (κ2) is 7.51. The van der Waals surface area contributed by atoms with Gasteiger partial charge in [-0.05, 0) is 18.6 Å². The standard InChI is InChI=1S/C17H21ClN4O4/c1-9-20-17(26-21-9)12-8-22(7-11(12)16(19)23)6-10-4-5-13(24-2)15(25-3)14(10)18/h4-5,11-12H,6-8H2,1-3H3,(H2,19,23). The summed E-state index contributed by atoms with van der Waals surface area (Å²) >= 11 is 6.46. The molecule has 0 radical (unpaired) electrons. The van der Waals surface area contributed by atoms with Crippen molar-refractivity contribution in [3.05, 3.63) is 34.4 Å². The van der Waals surface area contributed by atoms with Gasteiger partial charge in [0.25, 0.3) is 0 Å². The van der Waals surface area contributed by atoms with E-state index in [0.29, 0.717) is 47.9 Å². The van der Waals surface area contributed by atoms with Gasteiger partial charge in [0.1, 0.15) is 0 Å². The number of nitrogens with zero attached hydrogens (tertiary/aromatic N) is 3. The summed E-state index contributed by atoms with van der Waals surface area (Å²) in [4.78, 5) is 18.2. The van der Waals surface area contributed by atoms with E-state index < -0.39 is 5.92 Å². The minimum atomic E-state index is -0.395. The number of methoxy groups -OCH3 is 2. The number of hydrogen-bond acceptors (Lipinski definition) is 7. The topological polar surface area (TPSA) is 104 Å². The van der Waals surface area contributed by atoms with E-state index in [4.69, 9.17) is 31.3 Å². The summed E-state index contributed by atoms with van der Waals surface area (Å²) < 4.78 is 15.9. The molecule has 1 aromatic carbocycles. The molecule has 2 unspecified atom stereocenters. The van der Waals surface area contributed by atoms with Crippen LogP contribution in [0.4, 0.5) is 0 Å². The minimum Gasteiger partial charge on any atom is -0.493 e. The summed E-state index contributed by atoms with van der Waals surface area (Å²) in [5, 5.41) is 4.30. The third-order valence-electron chi connectivity index (χ3n) is 4.58. The van der Waals surface area contributed by atoms with Crippen LogP contribution in [0.5, 0.6) is 11.5 Å². The lowest BCUT2D eigenvalue weighted by molar-refractivity contribution is -0.121. The predicted molar refractivity (Wildman–Crippen MR) is 94.3 cm³/mol. The molecule has 140 valence electrons. The van der Waals surface area contributed by atoms with Crippen LogP contribution in [0.15, 0.2) is 16.7 Å². The highest BCUT2D eigenvalue weighted by molar-refractivity contribution is 6.33. The largest absolute Gasteiger partial charge is 0.493 e. The van der Waals surface area contributed by atoms with E-state index in [-0.39, 0.29) is 11.8 Å². The quantitative estimate of drug-likeness (QED) is 0.814. The smallest absolute Gasteiger partial charge is 0.231 e. The molecule has 2 atom stereocenters. The number of nitrogens with two attached hydrogens (primary N) is 1. The van der Waals surface area contributed by atoms with Crippen LogP contribution in [0, 0.1) is 12.8 Å². The van der Waals surface area contributed by atoms with E-state index in [1.807, 2.05) is 6.07 Å². The van der Waals surface area contributed by atoms with Gasteiger partial charge in [-0.15, -0.1) is 0 Å². The maximum atomic E-state index is 11.9. The Bertz CT molecular complexity index is 810. The van der Waals surface area contributed by atoms with Gasteiger partial charge >= 0.3 is 0 Å². The number of benzene rings is 1. The molecule has 0 bridgehead atoms. The van der Waals surface area contributed by atoms with Crippen LogP contribution >= 0.6 is 11.6 Å². The molecular formula is C17H21ClN4O4. The van der Waals surface area contributed by atoms with Crippen LogP contribution in [-0.2, 0) is 11.3 Å². The normalized spacial score (nSPS) is 20.3. The Kier molecular flexibility index (Phi) is 5.33. The van der Waals surface area contributed by atoms with E-state index in [1.54, 1.807) is 27.2 Å². The van der Waals surface area contributed by atoms with Crippen molar-refractivity contribution < 1.29 is 18.8 Å². The molecule has 1 aliphatic heterocycles. The fraction of sp³-hybridized carbons (Fsp3) is 0.471. The molecule has 2 heterocycles. The lowest BCUT2D eigenvalue weighted by Gasteiger charge is -2.18. The molecule has 1 amide bonds. The lowest BCUT2D eigenvalue weighted by atomic mass is 9.95. The lowest BCUT2D eigenvalue weighted by Crippen LogP contribution is -2.29. The van der Waals surface area contributed by atoms with E-state index in [1.165, 1.54) is 0 Å². The molecule has 8 nitrogen and oxygen atoms in total. The minimum absolute atomic E-state index is 0.229. The maximum Gasteiger partial charge on any atom is 0.231 e. The van der Waals surface area contributed by atoms with Gasteiger partial charge in [-0.3, -0.25) is 9.69 Å². The van der Waals surface area contributed by atoms with E-state index in [0.717, 1.165) is 5.56 Å². The molecule has 1 fully saturated rings. The zero-order chi connectivity index (χ0) is 18.8. The first-order valence-corrected chi connectivity index (χ1v) is 8.53. The number of aromatic nitrogens is 2. The van der Waals surface area contributed by atoms with Crippen molar-refractivity contribution in [1.29, 1.82) is 0 Å². The Balaban J connectivity index is 1.82. The first-order chi connectivity index (χ1) is 12.4. The van der Waals surface area contributed by atoms with Crippen LogP contribution in [0.2, 0.25) is 5.02 Å². The zero-order valence-corrected chi connectivity index (χ0v) is 15.6. The van der Waals surface area contributed by atoms with Crippen LogP contribution < -0.4 is 15.2 Å². The third-order valence-corrected chi connectivity index (χ3v) is 4.99. The Morgan fingerprint density at radius 3 is 2.73 bits per heavy atom. The fourth-order valence-corrected chi connectivity index (χ4v) is 3.60. The molecule has 26 heavy (non-hydrogen) atoms. The Morgan fingerprint density at radius 2 is 2.15 bits per heavy atom. The highest BCUT2D eigenvalue weighted by Gasteiger charge is 2.40. The second-order valence-electron chi connectivity index (χ2n) is 6.26. The molecule has 0 aliphatic carbocycles. The van der Waals surface area contributed by atoms with Crippen LogP contribution in [0.25, 0.3) is 0 Å². The van der Waals surface area contributed by atoms with Gasteiger partial charge in [0, 0.05) is 19.6 Å². The van der Waals surface area contributed by atoms with Gasteiger partial charge < -0.3 is 19.7 Å². The molecule has 0 saturated carbocycles.